The third kappa shape index (κ3) is 6.13. The molecule has 2 atom stereocenters. The van der Waals surface area contributed by atoms with Crippen LogP contribution in [0.2, 0.25) is 0 Å². The van der Waals surface area contributed by atoms with E-state index in [1.54, 1.807) is 38.1 Å². The molecular weight excluding hydrogens is 407 g/mol. The molecule has 0 amide bonds. The predicted molar refractivity (Wildman–Crippen MR) is 107 cm³/mol. The molecular formula is C18H29FN2O5S2. The van der Waals surface area contributed by atoms with Crippen LogP contribution in [0.15, 0.2) is 24.3 Å². The van der Waals surface area contributed by atoms with Crippen molar-refractivity contribution in [1.82, 2.24) is 9.44 Å². The lowest BCUT2D eigenvalue weighted by molar-refractivity contribution is 0.0712. The Morgan fingerprint density at radius 2 is 1.82 bits per heavy atom. The first-order chi connectivity index (χ1) is 12.9. The Bertz CT molecular complexity index is 856. The molecule has 28 heavy (non-hydrogen) atoms. The summed E-state index contributed by atoms with van der Waals surface area (Å²) in [5.74, 6) is 0.484. The largest absolute Gasteiger partial charge is 0.492 e. The van der Waals surface area contributed by atoms with Gasteiger partial charge in [-0.25, -0.2) is 30.7 Å². The first-order valence-corrected chi connectivity index (χ1v) is 12.8. The summed E-state index contributed by atoms with van der Waals surface area (Å²) in [4.78, 5) is 0. The van der Waals surface area contributed by atoms with Crippen molar-refractivity contribution in [2.75, 3.05) is 19.4 Å². The average molecular weight is 437 g/mol. The van der Waals surface area contributed by atoms with Crippen LogP contribution in [0.1, 0.15) is 45.1 Å². The van der Waals surface area contributed by atoms with Gasteiger partial charge in [-0.15, -0.1) is 0 Å². The van der Waals surface area contributed by atoms with E-state index < -0.39 is 37.0 Å². The highest BCUT2D eigenvalue weighted by Gasteiger charge is 2.44. The monoisotopic (exact) mass is 436 g/mol. The van der Waals surface area contributed by atoms with E-state index >= 15 is 4.39 Å². The van der Waals surface area contributed by atoms with Crippen molar-refractivity contribution in [2.45, 2.75) is 56.5 Å². The minimum absolute atomic E-state index is 0.132. The molecule has 7 nitrogen and oxygen atoms in total. The molecule has 0 aromatic heterocycles. The molecule has 1 fully saturated rings. The van der Waals surface area contributed by atoms with Crippen molar-refractivity contribution in [1.29, 1.82) is 0 Å². The van der Waals surface area contributed by atoms with Gasteiger partial charge < -0.3 is 4.74 Å². The number of ether oxygens (including phenoxy) is 1. The van der Waals surface area contributed by atoms with Crippen LogP contribution >= 0.6 is 0 Å². The number of rotatable bonds is 9. The number of sulfonamides is 2. The van der Waals surface area contributed by atoms with Gasteiger partial charge in [0.05, 0.1) is 17.5 Å². The van der Waals surface area contributed by atoms with Crippen molar-refractivity contribution in [3.63, 3.8) is 0 Å². The van der Waals surface area contributed by atoms with Gasteiger partial charge in [0.25, 0.3) is 0 Å². The molecule has 0 heterocycles. The molecule has 2 unspecified atom stereocenters. The quantitative estimate of drug-likeness (QED) is 0.577. The SMILES string of the molecule is CC(C)S(=O)(=O)NC1CCCCC1(F)c1ccc(OCCNS(C)(=O)=O)cc1. The maximum atomic E-state index is 15.9. The Hall–Kier alpha value is -1.23. The lowest BCUT2D eigenvalue weighted by Gasteiger charge is -2.38. The van der Waals surface area contributed by atoms with Gasteiger partial charge in [-0.05, 0) is 50.8 Å². The Morgan fingerprint density at radius 3 is 2.39 bits per heavy atom. The Balaban J connectivity index is 2.08. The highest BCUT2D eigenvalue weighted by molar-refractivity contribution is 7.90. The van der Waals surface area contributed by atoms with Crippen molar-refractivity contribution >= 4 is 20.0 Å². The molecule has 1 aromatic rings. The van der Waals surface area contributed by atoms with Crippen molar-refractivity contribution in [3.8, 4) is 5.75 Å². The maximum absolute atomic E-state index is 15.9. The second-order valence-electron chi connectivity index (χ2n) is 7.41. The Morgan fingerprint density at radius 1 is 1.18 bits per heavy atom. The van der Waals surface area contributed by atoms with Gasteiger partial charge in [0.15, 0.2) is 5.67 Å². The third-order valence-electron chi connectivity index (χ3n) is 4.83. The second kappa shape index (κ2) is 9.06. The zero-order valence-electron chi connectivity index (χ0n) is 16.4. The van der Waals surface area contributed by atoms with Crippen LogP contribution in [-0.4, -0.2) is 47.5 Å². The lowest BCUT2D eigenvalue weighted by atomic mass is 9.77. The van der Waals surface area contributed by atoms with E-state index in [0.29, 0.717) is 24.2 Å². The van der Waals surface area contributed by atoms with E-state index in [0.717, 1.165) is 12.7 Å². The first-order valence-electron chi connectivity index (χ1n) is 9.32. The molecule has 2 rings (SSSR count). The normalized spacial score (nSPS) is 23.7. The summed E-state index contributed by atoms with van der Waals surface area (Å²) in [6, 6.07) is 5.61. The second-order valence-corrected chi connectivity index (χ2v) is 11.5. The highest BCUT2D eigenvalue weighted by atomic mass is 32.2. The van der Waals surface area contributed by atoms with Gasteiger partial charge in [-0.1, -0.05) is 18.6 Å². The van der Waals surface area contributed by atoms with E-state index in [2.05, 4.69) is 9.44 Å². The van der Waals surface area contributed by atoms with Crippen LogP contribution in [0, 0.1) is 0 Å². The van der Waals surface area contributed by atoms with E-state index in [1.807, 2.05) is 0 Å². The maximum Gasteiger partial charge on any atom is 0.214 e. The summed E-state index contributed by atoms with van der Waals surface area (Å²) < 4.78 is 72.7. The summed E-state index contributed by atoms with van der Waals surface area (Å²) in [6.07, 6.45) is 3.21. The Kier molecular flexibility index (Phi) is 7.46. The summed E-state index contributed by atoms with van der Waals surface area (Å²) in [5.41, 5.74) is -1.37. The topological polar surface area (TPSA) is 102 Å². The van der Waals surface area contributed by atoms with Gasteiger partial charge in [0.1, 0.15) is 12.4 Å². The van der Waals surface area contributed by atoms with Gasteiger partial charge >= 0.3 is 0 Å². The van der Waals surface area contributed by atoms with E-state index in [-0.39, 0.29) is 19.6 Å². The molecule has 0 aliphatic heterocycles. The summed E-state index contributed by atoms with van der Waals surface area (Å²) in [6.45, 7) is 3.41. The van der Waals surface area contributed by atoms with Crippen molar-refractivity contribution in [3.05, 3.63) is 29.8 Å². The molecule has 2 N–H and O–H groups in total. The van der Waals surface area contributed by atoms with E-state index in [1.165, 1.54) is 0 Å². The summed E-state index contributed by atoms with van der Waals surface area (Å²) >= 11 is 0. The van der Waals surface area contributed by atoms with Gasteiger partial charge in [0, 0.05) is 6.54 Å². The molecule has 1 aliphatic carbocycles. The molecule has 1 saturated carbocycles. The fourth-order valence-electron chi connectivity index (χ4n) is 3.19. The van der Waals surface area contributed by atoms with Crippen LogP contribution in [0.25, 0.3) is 0 Å². The number of nitrogens with one attached hydrogen (secondary N) is 2. The Labute approximate surface area is 167 Å². The molecule has 10 heteroatoms. The van der Waals surface area contributed by atoms with Crippen molar-refractivity contribution in [2.24, 2.45) is 0 Å². The minimum atomic E-state index is -3.58. The fraction of sp³-hybridized carbons (Fsp3) is 0.667. The minimum Gasteiger partial charge on any atom is -0.492 e. The molecule has 1 aromatic carbocycles. The number of hydrogen-bond donors (Lipinski definition) is 2. The highest BCUT2D eigenvalue weighted by Crippen LogP contribution is 2.41. The third-order valence-corrected chi connectivity index (χ3v) is 7.41. The molecule has 0 spiro atoms. The van der Waals surface area contributed by atoms with Crippen LogP contribution < -0.4 is 14.2 Å². The first kappa shape index (κ1) is 23.1. The number of hydrogen-bond acceptors (Lipinski definition) is 5. The standard InChI is InChI=1S/C18H29FN2O5S2/c1-14(2)28(24,25)21-17-6-4-5-11-18(17,19)15-7-9-16(10-8-15)26-13-12-20-27(3,22)23/h7-10,14,17,20-21H,4-6,11-13H2,1-3H3. The number of alkyl halides is 1. The lowest BCUT2D eigenvalue weighted by Crippen LogP contribution is -2.51. The summed E-state index contributed by atoms with van der Waals surface area (Å²) in [5, 5.41) is -0.630. The average Bonchev–Trinajstić information content (AvgIpc) is 2.60. The van der Waals surface area contributed by atoms with Gasteiger partial charge in [0.2, 0.25) is 20.0 Å². The van der Waals surface area contributed by atoms with Gasteiger partial charge in [-0.2, -0.15) is 0 Å². The molecule has 1 aliphatic rings. The molecule has 0 saturated heterocycles. The molecule has 0 bridgehead atoms. The summed E-state index contributed by atoms with van der Waals surface area (Å²) in [7, 11) is -6.85. The van der Waals surface area contributed by atoms with Crippen LogP contribution in [0.4, 0.5) is 4.39 Å². The van der Waals surface area contributed by atoms with Crippen LogP contribution in [0.5, 0.6) is 5.75 Å². The smallest absolute Gasteiger partial charge is 0.214 e. The van der Waals surface area contributed by atoms with Crippen molar-refractivity contribution < 1.29 is 26.0 Å². The number of halogens is 1. The van der Waals surface area contributed by atoms with Crippen LogP contribution in [0.3, 0.4) is 0 Å². The zero-order chi connectivity index (χ0) is 21.0. The zero-order valence-corrected chi connectivity index (χ0v) is 18.1. The number of benzene rings is 1. The predicted octanol–water partition coefficient (Wildman–Crippen LogP) is 2.05. The molecule has 160 valence electrons. The van der Waals surface area contributed by atoms with Gasteiger partial charge in [-0.3, -0.25) is 0 Å². The molecule has 0 radical (unpaired) electrons. The van der Waals surface area contributed by atoms with Crippen LogP contribution in [-0.2, 0) is 25.7 Å². The van der Waals surface area contributed by atoms with E-state index in [9.17, 15) is 16.8 Å². The fourth-order valence-corrected chi connectivity index (χ4v) is 4.62. The van der Waals surface area contributed by atoms with E-state index in [4.69, 9.17) is 4.74 Å².